The number of nitrogens with zero attached hydrogens (tertiary/aromatic N) is 1. The quantitative estimate of drug-likeness (QED) is 0.808. The molecule has 1 amide bonds. The number of carboxylic acids is 1. The van der Waals surface area contributed by atoms with Gasteiger partial charge in [-0.05, 0) is 33.6 Å². The highest BCUT2D eigenvalue weighted by Crippen LogP contribution is 2.38. The fraction of sp³-hybridized carbons (Fsp3) is 0.833. The smallest absolute Gasteiger partial charge is 0.411 e. The molecule has 8 heteroatoms. The number of halogens is 3. The maximum absolute atomic E-state index is 12.9. The molecule has 2 atom stereocenters. The van der Waals surface area contributed by atoms with E-state index in [-0.39, 0.29) is 19.4 Å². The summed E-state index contributed by atoms with van der Waals surface area (Å²) < 4.78 is 43.6. The minimum atomic E-state index is -4.66. The molecule has 0 bridgehead atoms. The Bertz CT molecular complexity index is 389. The summed E-state index contributed by atoms with van der Waals surface area (Å²) in [7, 11) is 0. The predicted molar refractivity (Wildman–Crippen MR) is 63.1 cm³/mol. The van der Waals surface area contributed by atoms with Crippen LogP contribution in [0.3, 0.4) is 0 Å². The lowest BCUT2D eigenvalue weighted by Crippen LogP contribution is -2.57. The number of carbonyl (C=O) groups excluding carboxylic acids is 1. The van der Waals surface area contributed by atoms with Crippen LogP contribution >= 0.6 is 0 Å². The number of amides is 1. The number of carboxylic acid groups (broad SMARTS) is 1. The predicted octanol–water partition coefficient (Wildman–Crippen LogP) is 2.65. The molecule has 1 heterocycles. The van der Waals surface area contributed by atoms with Crippen LogP contribution in [0.2, 0.25) is 0 Å². The van der Waals surface area contributed by atoms with Crippen molar-refractivity contribution in [2.24, 2.45) is 5.92 Å². The second-order valence-corrected chi connectivity index (χ2v) is 5.75. The Labute approximate surface area is 114 Å². The van der Waals surface area contributed by atoms with E-state index in [9.17, 15) is 22.8 Å². The Balaban J connectivity index is 2.99. The summed E-state index contributed by atoms with van der Waals surface area (Å²) in [4.78, 5) is 23.7. The van der Waals surface area contributed by atoms with Crippen molar-refractivity contribution in [1.29, 1.82) is 0 Å². The molecule has 0 aliphatic carbocycles. The van der Waals surface area contributed by atoms with E-state index in [1.165, 1.54) is 0 Å². The summed E-state index contributed by atoms with van der Waals surface area (Å²) in [5.74, 6) is -3.74. The largest absolute Gasteiger partial charge is 0.480 e. The summed E-state index contributed by atoms with van der Waals surface area (Å²) >= 11 is 0. The Morgan fingerprint density at radius 2 is 1.80 bits per heavy atom. The molecule has 0 aromatic rings. The van der Waals surface area contributed by atoms with E-state index < -0.39 is 35.8 Å². The molecular formula is C12H18F3NO4. The van der Waals surface area contributed by atoms with Crippen molar-refractivity contribution in [2.45, 2.75) is 51.4 Å². The molecule has 20 heavy (non-hydrogen) atoms. The van der Waals surface area contributed by atoms with E-state index in [0.29, 0.717) is 4.90 Å². The van der Waals surface area contributed by atoms with Gasteiger partial charge < -0.3 is 9.84 Å². The summed E-state index contributed by atoms with van der Waals surface area (Å²) in [6.07, 6.45) is -5.91. The van der Waals surface area contributed by atoms with Crippen LogP contribution in [0.5, 0.6) is 0 Å². The monoisotopic (exact) mass is 297 g/mol. The van der Waals surface area contributed by atoms with E-state index in [4.69, 9.17) is 9.84 Å². The molecule has 116 valence electrons. The number of ether oxygens (including phenoxy) is 1. The van der Waals surface area contributed by atoms with E-state index in [1.807, 2.05) is 0 Å². The topological polar surface area (TPSA) is 66.8 Å². The number of hydrogen-bond acceptors (Lipinski definition) is 3. The number of carbonyl (C=O) groups is 2. The molecule has 1 aliphatic rings. The molecule has 0 saturated carbocycles. The molecule has 0 radical (unpaired) electrons. The van der Waals surface area contributed by atoms with Crippen molar-refractivity contribution in [1.82, 2.24) is 4.90 Å². The lowest BCUT2D eigenvalue weighted by Gasteiger charge is -2.39. The van der Waals surface area contributed by atoms with Crippen LogP contribution in [0.4, 0.5) is 18.0 Å². The zero-order valence-corrected chi connectivity index (χ0v) is 11.5. The average Bonchev–Trinajstić information content (AvgIpc) is 2.24. The molecule has 1 fully saturated rings. The Morgan fingerprint density at radius 1 is 1.25 bits per heavy atom. The highest BCUT2D eigenvalue weighted by molar-refractivity contribution is 5.81. The SMILES string of the molecule is CC(C)(C)OC(=O)N1CCCC(C(F)(F)F)C1C(=O)O. The molecule has 1 rings (SSSR count). The van der Waals surface area contributed by atoms with Crippen LogP contribution in [-0.4, -0.2) is 46.4 Å². The molecule has 1 saturated heterocycles. The van der Waals surface area contributed by atoms with E-state index in [0.717, 1.165) is 0 Å². The van der Waals surface area contributed by atoms with Gasteiger partial charge in [0.25, 0.3) is 0 Å². The van der Waals surface area contributed by atoms with Crippen LogP contribution in [0.15, 0.2) is 0 Å². The molecule has 1 N–H and O–H groups in total. The van der Waals surface area contributed by atoms with Gasteiger partial charge in [-0.25, -0.2) is 9.59 Å². The van der Waals surface area contributed by atoms with Crippen molar-refractivity contribution in [3.63, 3.8) is 0 Å². The van der Waals surface area contributed by atoms with Crippen molar-refractivity contribution in [3.8, 4) is 0 Å². The van der Waals surface area contributed by atoms with Crippen LogP contribution < -0.4 is 0 Å². The zero-order valence-electron chi connectivity index (χ0n) is 11.5. The van der Waals surface area contributed by atoms with Crippen LogP contribution in [-0.2, 0) is 9.53 Å². The second kappa shape index (κ2) is 5.49. The molecular weight excluding hydrogens is 279 g/mol. The number of piperidine rings is 1. The van der Waals surface area contributed by atoms with Gasteiger partial charge in [-0.3, -0.25) is 4.90 Å². The number of hydrogen-bond donors (Lipinski definition) is 1. The molecule has 0 aromatic heterocycles. The first-order chi connectivity index (χ1) is 8.93. The Hall–Kier alpha value is -1.47. The van der Waals surface area contributed by atoms with Gasteiger partial charge in [-0.1, -0.05) is 0 Å². The fourth-order valence-electron chi connectivity index (χ4n) is 2.17. The molecule has 1 aliphatic heterocycles. The van der Waals surface area contributed by atoms with Gasteiger partial charge in [0.2, 0.25) is 0 Å². The lowest BCUT2D eigenvalue weighted by molar-refractivity contribution is -0.205. The summed E-state index contributed by atoms with van der Waals surface area (Å²) in [6.45, 7) is 4.63. The maximum Gasteiger partial charge on any atom is 0.411 e. The molecule has 0 spiro atoms. The van der Waals surface area contributed by atoms with Gasteiger partial charge >= 0.3 is 18.2 Å². The standard InChI is InChI=1S/C12H18F3NO4/c1-11(2,3)20-10(19)16-6-4-5-7(12(13,14)15)8(16)9(17)18/h7-8H,4-6H2,1-3H3,(H,17,18). The van der Waals surface area contributed by atoms with Crippen molar-refractivity contribution >= 4 is 12.1 Å². The first kappa shape index (κ1) is 16.6. The average molecular weight is 297 g/mol. The van der Waals surface area contributed by atoms with E-state index in [1.54, 1.807) is 20.8 Å². The van der Waals surface area contributed by atoms with Gasteiger partial charge in [-0.2, -0.15) is 13.2 Å². The zero-order chi connectivity index (χ0) is 15.7. The van der Waals surface area contributed by atoms with E-state index in [2.05, 4.69) is 0 Å². The summed E-state index contributed by atoms with van der Waals surface area (Å²) in [5.41, 5.74) is -0.898. The molecule has 0 aromatic carbocycles. The first-order valence-corrected chi connectivity index (χ1v) is 6.22. The third-order valence-corrected chi connectivity index (χ3v) is 2.93. The van der Waals surface area contributed by atoms with Gasteiger partial charge in [0, 0.05) is 6.54 Å². The third kappa shape index (κ3) is 4.01. The lowest BCUT2D eigenvalue weighted by atomic mass is 9.89. The van der Waals surface area contributed by atoms with Crippen molar-refractivity contribution < 1.29 is 32.6 Å². The van der Waals surface area contributed by atoms with Crippen LogP contribution in [0.1, 0.15) is 33.6 Å². The summed E-state index contributed by atoms with van der Waals surface area (Å²) in [5, 5.41) is 9.04. The van der Waals surface area contributed by atoms with Gasteiger partial charge in [0.15, 0.2) is 0 Å². The van der Waals surface area contributed by atoms with Crippen molar-refractivity contribution in [3.05, 3.63) is 0 Å². The Kier molecular flexibility index (Phi) is 4.55. The number of rotatable bonds is 1. The molecule has 5 nitrogen and oxygen atoms in total. The Morgan fingerprint density at radius 3 is 2.20 bits per heavy atom. The minimum Gasteiger partial charge on any atom is -0.480 e. The fourth-order valence-corrected chi connectivity index (χ4v) is 2.17. The molecule has 2 unspecified atom stereocenters. The number of aliphatic carboxylic acids is 1. The van der Waals surface area contributed by atoms with Crippen LogP contribution in [0, 0.1) is 5.92 Å². The van der Waals surface area contributed by atoms with Gasteiger partial charge in [0.05, 0.1) is 5.92 Å². The van der Waals surface area contributed by atoms with Crippen molar-refractivity contribution in [2.75, 3.05) is 6.54 Å². The third-order valence-electron chi connectivity index (χ3n) is 2.93. The van der Waals surface area contributed by atoms with Gasteiger partial charge in [-0.15, -0.1) is 0 Å². The normalized spacial score (nSPS) is 24.4. The number of alkyl halides is 3. The second-order valence-electron chi connectivity index (χ2n) is 5.75. The highest BCUT2D eigenvalue weighted by atomic mass is 19.4. The minimum absolute atomic E-state index is 0.0571. The van der Waals surface area contributed by atoms with Crippen LogP contribution in [0.25, 0.3) is 0 Å². The maximum atomic E-state index is 12.9. The van der Waals surface area contributed by atoms with Gasteiger partial charge in [0.1, 0.15) is 11.6 Å². The first-order valence-electron chi connectivity index (χ1n) is 6.22. The summed E-state index contributed by atoms with van der Waals surface area (Å²) in [6, 6.07) is -1.93. The number of likely N-dealkylation sites (tertiary alicyclic amines) is 1. The van der Waals surface area contributed by atoms with E-state index >= 15 is 0 Å². The highest BCUT2D eigenvalue weighted by Gasteiger charge is 2.53.